The van der Waals surface area contributed by atoms with Crippen LogP contribution in [-0.2, 0) is 14.3 Å². The molecule has 3 aliphatic rings. The number of oxazole rings is 1. The molecule has 0 radical (unpaired) electrons. The molecule has 2 saturated heterocycles. The van der Waals surface area contributed by atoms with E-state index < -0.39 is 5.79 Å². The van der Waals surface area contributed by atoms with Crippen molar-refractivity contribution >= 4 is 11.8 Å². The molecule has 4 rings (SSSR count). The van der Waals surface area contributed by atoms with Gasteiger partial charge in [-0.1, -0.05) is 0 Å². The van der Waals surface area contributed by atoms with E-state index in [9.17, 15) is 9.59 Å². The van der Waals surface area contributed by atoms with Gasteiger partial charge >= 0.3 is 0 Å². The highest BCUT2D eigenvalue weighted by Crippen LogP contribution is 2.33. The van der Waals surface area contributed by atoms with Gasteiger partial charge in [-0.2, -0.15) is 0 Å². The number of amides is 2. The van der Waals surface area contributed by atoms with E-state index in [2.05, 4.69) is 4.98 Å². The number of ether oxygens (including phenoxy) is 2. The molecule has 1 aromatic heterocycles. The van der Waals surface area contributed by atoms with Crippen LogP contribution in [0.25, 0.3) is 0 Å². The van der Waals surface area contributed by atoms with Crippen LogP contribution < -0.4 is 0 Å². The van der Waals surface area contributed by atoms with Crippen LogP contribution in [0.15, 0.2) is 10.8 Å². The van der Waals surface area contributed by atoms with Crippen LogP contribution in [0.3, 0.4) is 0 Å². The molecular formula is C16H21N3O5. The molecule has 1 aromatic rings. The summed E-state index contributed by atoms with van der Waals surface area (Å²) in [6, 6.07) is 0. The van der Waals surface area contributed by atoms with Crippen LogP contribution >= 0.6 is 0 Å². The van der Waals surface area contributed by atoms with Gasteiger partial charge in [-0.15, -0.1) is 0 Å². The van der Waals surface area contributed by atoms with Gasteiger partial charge in [0.1, 0.15) is 0 Å². The Hall–Kier alpha value is -1.93. The second kappa shape index (κ2) is 5.86. The molecular weight excluding hydrogens is 314 g/mol. The number of hydrogen-bond donors (Lipinski definition) is 0. The molecule has 1 aliphatic carbocycles. The van der Waals surface area contributed by atoms with Crippen LogP contribution in [0.1, 0.15) is 29.1 Å². The molecule has 0 aromatic carbocycles. The van der Waals surface area contributed by atoms with Crippen molar-refractivity contribution < 1.29 is 23.5 Å². The zero-order chi connectivity index (χ0) is 16.7. The third-order valence-electron chi connectivity index (χ3n) is 4.78. The lowest BCUT2D eigenvalue weighted by atomic mass is 10.1. The van der Waals surface area contributed by atoms with Crippen molar-refractivity contribution in [3.8, 4) is 0 Å². The molecule has 130 valence electrons. The fourth-order valence-corrected chi connectivity index (χ4v) is 3.30. The summed E-state index contributed by atoms with van der Waals surface area (Å²) >= 11 is 0. The molecule has 1 spiro atoms. The van der Waals surface area contributed by atoms with Gasteiger partial charge in [0.05, 0.1) is 32.0 Å². The maximum Gasteiger partial charge on any atom is 0.291 e. The van der Waals surface area contributed by atoms with Gasteiger partial charge in [0.2, 0.25) is 17.5 Å². The molecule has 8 heteroatoms. The van der Waals surface area contributed by atoms with E-state index in [1.54, 1.807) is 11.8 Å². The second-order valence-electron chi connectivity index (χ2n) is 6.64. The Balaban J connectivity index is 1.48. The molecule has 2 amide bonds. The average molecular weight is 335 g/mol. The first-order chi connectivity index (χ1) is 11.6. The second-order valence-corrected chi connectivity index (χ2v) is 6.64. The molecule has 3 fully saturated rings. The Morgan fingerprint density at radius 3 is 2.46 bits per heavy atom. The SMILES string of the molecule is Cc1ncoc1C(=O)N1CCOC2(C1)CN(C(=O)C1CC1)CCO2. The van der Waals surface area contributed by atoms with Crippen molar-refractivity contribution in [1.82, 2.24) is 14.8 Å². The van der Waals surface area contributed by atoms with Gasteiger partial charge in [0, 0.05) is 19.0 Å². The van der Waals surface area contributed by atoms with Crippen LogP contribution in [0.4, 0.5) is 0 Å². The quantitative estimate of drug-likeness (QED) is 0.779. The van der Waals surface area contributed by atoms with Crippen molar-refractivity contribution in [3.05, 3.63) is 17.8 Å². The van der Waals surface area contributed by atoms with E-state index in [-0.39, 0.29) is 30.0 Å². The highest BCUT2D eigenvalue weighted by atomic mass is 16.7. The number of carbonyl (C=O) groups is 2. The summed E-state index contributed by atoms with van der Waals surface area (Å²) in [5.41, 5.74) is 0.565. The van der Waals surface area contributed by atoms with E-state index in [4.69, 9.17) is 13.9 Å². The third-order valence-corrected chi connectivity index (χ3v) is 4.78. The van der Waals surface area contributed by atoms with Gasteiger partial charge in [-0.05, 0) is 19.8 Å². The fourth-order valence-electron chi connectivity index (χ4n) is 3.30. The molecule has 2 aliphatic heterocycles. The maximum atomic E-state index is 12.6. The predicted octanol–water partition coefficient (Wildman–Crippen LogP) is 0.421. The van der Waals surface area contributed by atoms with Crippen molar-refractivity contribution in [3.63, 3.8) is 0 Å². The fraction of sp³-hybridized carbons (Fsp3) is 0.688. The summed E-state index contributed by atoms with van der Waals surface area (Å²) in [6.45, 7) is 4.20. The predicted molar refractivity (Wildman–Crippen MR) is 81.1 cm³/mol. The molecule has 8 nitrogen and oxygen atoms in total. The number of rotatable bonds is 2. The Morgan fingerprint density at radius 2 is 1.83 bits per heavy atom. The van der Waals surface area contributed by atoms with E-state index in [1.807, 2.05) is 4.90 Å². The van der Waals surface area contributed by atoms with Gasteiger partial charge in [0.15, 0.2) is 6.39 Å². The van der Waals surface area contributed by atoms with Crippen LogP contribution in [0, 0.1) is 12.8 Å². The van der Waals surface area contributed by atoms with Crippen LogP contribution in [0.5, 0.6) is 0 Å². The molecule has 3 heterocycles. The minimum absolute atomic E-state index is 0.165. The topological polar surface area (TPSA) is 85.1 Å². The van der Waals surface area contributed by atoms with Gasteiger partial charge in [0.25, 0.3) is 5.91 Å². The van der Waals surface area contributed by atoms with E-state index in [0.29, 0.717) is 38.5 Å². The Bertz CT molecular complexity index is 652. The average Bonchev–Trinajstić information content (AvgIpc) is 3.35. The van der Waals surface area contributed by atoms with Crippen molar-refractivity contribution in [1.29, 1.82) is 0 Å². The summed E-state index contributed by atoms with van der Waals surface area (Å²) < 4.78 is 16.9. The van der Waals surface area contributed by atoms with Crippen molar-refractivity contribution in [2.24, 2.45) is 5.92 Å². The lowest BCUT2D eigenvalue weighted by Gasteiger charge is -2.47. The summed E-state index contributed by atoms with van der Waals surface area (Å²) in [6.07, 6.45) is 3.21. The Kier molecular flexibility index (Phi) is 3.80. The smallest absolute Gasteiger partial charge is 0.291 e. The largest absolute Gasteiger partial charge is 0.438 e. The minimum atomic E-state index is -0.940. The summed E-state index contributed by atoms with van der Waals surface area (Å²) in [5.74, 6) is -0.574. The first-order valence-electron chi connectivity index (χ1n) is 8.34. The molecule has 1 saturated carbocycles. The first-order valence-corrected chi connectivity index (χ1v) is 8.34. The van der Waals surface area contributed by atoms with Gasteiger partial charge < -0.3 is 23.7 Å². The lowest BCUT2D eigenvalue weighted by molar-refractivity contribution is -0.284. The van der Waals surface area contributed by atoms with E-state index in [1.165, 1.54) is 6.39 Å². The number of carbonyl (C=O) groups excluding carboxylic acids is 2. The van der Waals surface area contributed by atoms with E-state index in [0.717, 1.165) is 12.8 Å². The lowest BCUT2D eigenvalue weighted by Crippen LogP contribution is -2.63. The molecule has 1 atom stereocenters. The molecule has 24 heavy (non-hydrogen) atoms. The summed E-state index contributed by atoms with van der Waals surface area (Å²) in [5, 5.41) is 0. The van der Waals surface area contributed by atoms with E-state index >= 15 is 0 Å². The standard InChI is InChI=1S/C16H21N3O5/c1-11-13(22-10-17-11)15(21)19-5-7-24-16(9-19)8-18(4-6-23-16)14(20)12-2-3-12/h10,12H,2-9H2,1H3. The van der Waals surface area contributed by atoms with Gasteiger partial charge in [-0.25, -0.2) is 4.98 Å². The Morgan fingerprint density at radius 1 is 1.17 bits per heavy atom. The summed E-state index contributed by atoms with van der Waals surface area (Å²) in [4.78, 5) is 32.4. The van der Waals surface area contributed by atoms with Crippen molar-refractivity contribution in [2.45, 2.75) is 25.6 Å². The van der Waals surface area contributed by atoms with Crippen molar-refractivity contribution in [2.75, 3.05) is 39.4 Å². The summed E-state index contributed by atoms with van der Waals surface area (Å²) in [7, 11) is 0. The third kappa shape index (κ3) is 2.80. The number of hydrogen-bond acceptors (Lipinski definition) is 6. The zero-order valence-electron chi connectivity index (χ0n) is 13.7. The minimum Gasteiger partial charge on any atom is -0.438 e. The number of aromatic nitrogens is 1. The first kappa shape index (κ1) is 15.6. The zero-order valence-corrected chi connectivity index (χ0v) is 13.7. The van der Waals surface area contributed by atoms with Gasteiger partial charge in [-0.3, -0.25) is 9.59 Å². The normalized spacial score (nSPS) is 27.5. The number of morpholine rings is 2. The monoisotopic (exact) mass is 335 g/mol. The van der Waals surface area contributed by atoms with Crippen LogP contribution in [0.2, 0.25) is 0 Å². The number of nitrogens with zero attached hydrogens (tertiary/aromatic N) is 3. The molecule has 1 unspecified atom stereocenters. The maximum absolute atomic E-state index is 12.6. The number of aryl methyl sites for hydroxylation is 1. The highest BCUT2D eigenvalue weighted by Gasteiger charge is 2.46. The highest BCUT2D eigenvalue weighted by molar-refractivity contribution is 5.92. The molecule has 0 bridgehead atoms. The van der Waals surface area contributed by atoms with Crippen LogP contribution in [-0.4, -0.2) is 71.8 Å². The molecule has 0 N–H and O–H groups in total. The Labute approximate surface area is 139 Å².